The minimum absolute atomic E-state index is 0.0181. The first-order chi connectivity index (χ1) is 9.26. The second-order valence-corrected chi connectivity index (χ2v) is 5.19. The van der Waals surface area contributed by atoms with Gasteiger partial charge in [-0.1, -0.05) is 25.1 Å². The zero-order valence-electron chi connectivity index (χ0n) is 11.2. The Morgan fingerprint density at radius 3 is 2.74 bits per heavy atom. The van der Waals surface area contributed by atoms with Gasteiger partial charge in [-0.15, -0.1) is 11.3 Å². The van der Waals surface area contributed by atoms with Crippen molar-refractivity contribution in [2.24, 2.45) is 0 Å². The number of hydrogen-bond donors (Lipinski definition) is 2. The number of rotatable bonds is 5. The second-order valence-electron chi connectivity index (χ2n) is 4.27. The Morgan fingerprint density at radius 1 is 1.21 bits per heavy atom. The van der Waals surface area contributed by atoms with E-state index >= 15 is 0 Å². The fraction of sp³-hybridized carbons (Fsp3) is 0.267. The fourth-order valence-corrected chi connectivity index (χ4v) is 2.87. The average Bonchev–Trinajstić information content (AvgIpc) is 2.89. The van der Waals surface area contributed by atoms with Crippen molar-refractivity contribution >= 4 is 22.9 Å². The van der Waals surface area contributed by atoms with Gasteiger partial charge in [-0.25, -0.2) is 0 Å². The van der Waals surface area contributed by atoms with Gasteiger partial charge in [-0.3, -0.25) is 4.79 Å². The largest absolute Gasteiger partial charge is 0.321 e. The van der Waals surface area contributed by atoms with Gasteiger partial charge in [0.15, 0.2) is 0 Å². The van der Waals surface area contributed by atoms with E-state index in [9.17, 15) is 4.79 Å². The van der Waals surface area contributed by atoms with Crippen molar-refractivity contribution in [1.82, 2.24) is 5.32 Å². The van der Waals surface area contributed by atoms with Crippen LogP contribution < -0.4 is 10.6 Å². The Labute approximate surface area is 117 Å². The highest BCUT2D eigenvalue weighted by atomic mass is 32.1. The van der Waals surface area contributed by atoms with Crippen LogP contribution in [0.5, 0.6) is 0 Å². The van der Waals surface area contributed by atoms with Gasteiger partial charge in [0.25, 0.3) is 5.91 Å². The first-order valence-corrected chi connectivity index (χ1v) is 7.24. The molecule has 0 aliphatic heterocycles. The van der Waals surface area contributed by atoms with Gasteiger partial charge >= 0.3 is 0 Å². The predicted octanol–water partition coefficient (Wildman–Crippen LogP) is 3.28. The lowest BCUT2D eigenvalue weighted by Gasteiger charge is -2.10. The highest BCUT2D eigenvalue weighted by Crippen LogP contribution is 2.21. The summed E-state index contributed by atoms with van der Waals surface area (Å²) in [6.07, 6.45) is 0.879. The fourth-order valence-electron chi connectivity index (χ4n) is 1.98. The van der Waals surface area contributed by atoms with Crippen LogP contribution >= 0.6 is 11.3 Å². The maximum absolute atomic E-state index is 12.3. The van der Waals surface area contributed by atoms with Crippen LogP contribution in [0.15, 0.2) is 35.7 Å². The van der Waals surface area contributed by atoms with Gasteiger partial charge in [0.2, 0.25) is 0 Å². The Hall–Kier alpha value is -1.65. The van der Waals surface area contributed by atoms with Crippen molar-refractivity contribution in [2.75, 3.05) is 12.4 Å². The number of carbonyl (C=O) groups excluding carboxylic acids is 1. The van der Waals surface area contributed by atoms with E-state index in [1.807, 2.05) is 42.8 Å². The molecule has 2 rings (SSSR count). The van der Waals surface area contributed by atoms with Crippen LogP contribution in [0.1, 0.15) is 27.7 Å². The van der Waals surface area contributed by atoms with Crippen LogP contribution in [-0.2, 0) is 13.0 Å². The quantitative estimate of drug-likeness (QED) is 0.878. The minimum Gasteiger partial charge on any atom is -0.321 e. The summed E-state index contributed by atoms with van der Waals surface area (Å²) in [5.74, 6) is -0.0181. The molecule has 0 atom stereocenters. The van der Waals surface area contributed by atoms with E-state index < -0.39 is 0 Å². The topological polar surface area (TPSA) is 41.1 Å². The molecule has 3 nitrogen and oxygen atoms in total. The standard InChI is InChI=1S/C15H18N2OS/c1-3-11-8-9-19-14(11)15(18)17-13-7-5-4-6-12(13)10-16-2/h4-9,16H,3,10H2,1-2H3,(H,17,18). The predicted molar refractivity (Wildman–Crippen MR) is 80.9 cm³/mol. The lowest BCUT2D eigenvalue weighted by Crippen LogP contribution is -2.15. The third kappa shape index (κ3) is 3.22. The summed E-state index contributed by atoms with van der Waals surface area (Å²) in [5.41, 5.74) is 3.07. The summed E-state index contributed by atoms with van der Waals surface area (Å²) < 4.78 is 0. The van der Waals surface area contributed by atoms with E-state index in [-0.39, 0.29) is 5.91 Å². The zero-order chi connectivity index (χ0) is 13.7. The van der Waals surface area contributed by atoms with Gasteiger partial charge in [0.1, 0.15) is 0 Å². The van der Waals surface area contributed by atoms with Crippen LogP contribution in [0, 0.1) is 0 Å². The summed E-state index contributed by atoms with van der Waals surface area (Å²) in [6.45, 7) is 2.80. The SMILES string of the molecule is CCc1ccsc1C(=O)Nc1ccccc1CNC. The first-order valence-electron chi connectivity index (χ1n) is 6.36. The molecule has 0 unspecified atom stereocenters. The molecule has 0 radical (unpaired) electrons. The number of nitrogens with one attached hydrogen (secondary N) is 2. The van der Waals surface area contributed by atoms with Crippen molar-refractivity contribution in [1.29, 1.82) is 0 Å². The third-order valence-electron chi connectivity index (χ3n) is 2.97. The number of amides is 1. The van der Waals surface area contributed by atoms with Crippen molar-refractivity contribution in [3.63, 3.8) is 0 Å². The summed E-state index contributed by atoms with van der Waals surface area (Å²) in [4.78, 5) is 13.1. The van der Waals surface area contributed by atoms with Crippen molar-refractivity contribution in [3.05, 3.63) is 51.7 Å². The summed E-state index contributed by atoms with van der Waals surface area (Å²) in [6, 6.07) is 9.87. The minimum atomic E-state index is -0.0181. The summed E-state index contributed by atoms with van der Waals surface area (Å²) >= 11 is 1.49. The number of aryl methyl sites for hydroxylation is 1. The Kier molecular flexibility index (Phi) is 4.71. The molecule has 1 heterocycles. The molecule has 2 N–H and O–H groups in total. The van der Waals surface area contributed by atoms with Gasteiger partial charge < -0.3 is 10.6 Å². The van der Waals surface area contributed by atoms with Crippen LogP contribution in [-0.4, -0.2) is 13.0 Å². The molecule has 1 aromatic carbocycles. The molecule has 0 saturated carbocycles. The smallest absolute Gasteiger partial charge is 0.266 e. The molecular weight excluding hydrogens is 256 g/mol. The second kappa shape index (κ2) is 6.50. The molecule has 0 spiro atoms. The molecule has 0 aliphatic rings. The lowest BCUT2D eigenvalue weighted by molar-refractivity contribution is 0.102. The molecule has 0 bridgehead atoms. The number of anilines is 1. The van der Waals surface area contributed by atoms with Crippen LogP contribution in [0.2, 0.25) is 0 Å². The molecular formula is C15H18N2OS. The van der Waals surface area contributed by atoms with E-state index in [1.54, 1.807) is 0 Å². The molecule has 100 valence electrons. The molecule has 1 aromatic heterocycles. The monoisotopic (exact) mass is 274 g/mol. The Balaban J connectivity index is 2.19. The van der Waals surface area contributed by atoms with Crippen molar-refractivity contribution in [2.45, 2.75) is 19.9 Å². The number of benzene rings is 1. The van der Waals surface area contributed by atoms with E-state index in [0.29, 0.717) is 0 Å². The van der Waals surface area contributed by atoms with Gasteiger partial charge in [0, 0.05) is 12.2 Å². The number of carbonyl (C=O) groups is 1. The maximum Gasteiger partial charge on any atom is 0.266 e. The van der Waals surface area contributed by atoms with Crippen LogP contribution in [0.3, 0.4) is 0 Å². The molecule has 19 heavy (non-hydrogen) atoms. The molecule has 4 heteroatoms. The number of thiophene rings is 1. The van der Waals surface area contributed by atoms with E-state index in [1.165, 1.54) is 11.3 Å². The average molecular weight is 274 g/mol. The zero-order valence-corrected chi connectivity index (χ0v) is 12.0. The third-order valence-corrected chi connectivity index (χ3v) is 3.92. The molecule has 0 aliphatic carbocycles. The molecule has 2 aromatic rings. The van der Waals surface area contributed by atoms with Crippen molar-refractivity contribution < 1.29 is 4.79 Å². The van der Waals surface area contributed by atoms with Crippen molar-refractivity contribution in [3.8, 4) is 0 Å². The van der Waals surface area contributed by atoms with E-state index in [0.717, 1.165) is 34.7 Å². The van der Waals surface area contributed by atoms with Crippen LogP contribution in [0.4, 0.5) is 5.69 Å². The molecule has 0 saturated heterocycles. The van der Waals surface area contributed by atoms with Gasteiger partial charge in [-0.05, 0) is 42.1 Å². The maximum atomic E-state index is 12.3. The lowest BCUT2D eigenvalue weighted by atomic mass is 10.1. The van der Waals surface area contributed by atoms with E-state index in [2.05, 4.69) is 17.6 Å². The van der Waals surface area contributed by atoms with Gasteiger partial charge in [-0.2, -0.15) is 0 Å². The highest BCUT2D eigenvalue weighted by molar-refractivity contribution is 7.12. The van der Waals surface area contributed by atoms with Gasteiger partial charge in [0.05, 0.1) is 4.88 Å². The van der Waals surface area contributed by atoms with Crippen LogP contribution in [0.25, 0.3) is 0 Å². The first kappa shape index (κ1) is 13.8. The summed E-state index contributed by atoms with van der Waals surface area (Å²) in [7, 11) is 1.90. The molecule has 1 amide bonds. The Bertz CT molecular complexity index is 563. The Morgan fingerprint density at radius 2 is 2.00 bits per heavy atom. The molecule has 0 fully saturated rings. The number of hydrogen-bond acceptors (Lipinski definition) is 3. The van der Waals surface area contributed by atoms with E-state index in [4.69, 9.17) is 0 Å². The number of para-hydroxylation sites is 1. The highest BCUT2D eigenvalue weighted by Gasteiger charge is 2.13. The normalized spacial score (nSPS) is 10.4. The summed E-state index contributed by atoms with van der Waals surface area (Å²) in [5, 5.41) is 8.08.